The molecule has 2 nitrogen and oxygen atoms in total. The molecule has 0 aliphatic rings. The number of hydrogen-bond acceptors (Lipinski definition) is 2. The van der Waals surface area contributed by atoms with Gasteiger partial charge < -0.3 is 5.32 Å². The Labute approximate surface area is 133 Å². The summed E-state index contributed by atoms with van der Waals surface area (Å²) >= 11 is 3.35. The molecule has 0 amide bonds. The molecule has 1 aromatic heterocycles. The molecule has 2 aromatic rings. The fourth-order valence-corrected chi connectivity index (χ4v) is 3.05. The smallest absolute Gasteiger partial charge is 0.124 e. The highest BCUT2D eigenvalue weighted by molar-refractivity contribution is 9.10. The summed E-state index contributed by atoms with van der Waals surface area (Å²) in [6.45, 7) is 5.05. The van der Waals surface area contributed by atoms with Gasteiger partial charge in [0.25, 0.3) is 0 Å². The van der Waals surface area contributed by atoms with Gasteiger partial charge in [0.15, 0.2) is 0 Å². The maximum absolute atomic E-state index is 13.5. The fourth-order valence-electron chi connectivity index (χ4n) is 2.54. The summed E-state index contributed by atoms with van der Waals surface area (Å²) in [5.74, 6) is -0.216. The van der Waals surface area contributed by atoms with Crippen molar-refractivity contribution in [3.05, 3.63) is 63.6 Å². The van der Waals surface area contributed by atoms with Gasteiger partial charge in [0.2, 0.25) is 0 Å². The van der Waals surface area contributed by atoms with Gasteiger partial charge in [-0.3, -0.25) is 4.98 Å². The zero-order valence-electron chi connectivity index (χ0n) is 12.4. The van der Waals surface area contributed by atoms with Crippen molar-refractivity contribution in [3.63, 3.8) is 0 Å². The Morgan fingerprint density at radius 1 is 1.29 bits per heavy atom. The van der Waals surface area contributed by atoms with Crippen LogP contribution in [0.2, 0.25) is 0 Å². The van der Waals surface area contributed by atoms with Crippen LogP contribution in [0, 0.1) is 5.82 Å². The Balaban J connectivity index is 2.30. The molecule has 112 valence electrons. The van der Waals surface area contributed by atoms with Crippen LogP contribution in [0.25, 0.3) is 0 Å². The molecule has 1 N–H and O–H groups in total. The van der Waals surface area contributed by atoms with Gasteiger partial charge in [-0.05, 0) is 54.8 Å². The first-order chi connectivity index (χ1) is 10.1. The van der Waals surface area contributed by atoms with E-state index in [1.807, 2.05) is 18.3 Å². The van der Waals surface area contributed by atoms with E-state index in [4.69, 9.17) is 0 Å². The van der Waals surface area contributed by atoms with Crippen molar-refractivity contribution in [3.8, 4) is 0 Å². The van der Waals surface area contributed by atoms with E-state index in [-0.39, 0.29) is 11.9 Å². The van der Waals surface area contributed by atoms with E-state index < -0.39 is 0 Å². The molecule has 0 saturated carbocycles. The third kappa shape index (κ3) is 4.35. The van der Waals surface area contributed by atoms with Crippen molar-refractivity contribution in [1.82, 2.24) is 10.3 Å². The fraction of sp³-hybridized carbons (Fsp3) is 0.353. The molecule has 0 bridgehead atoms. The zero-order valence-corrected chi connectivity index (χ0v) is 14.0. The van der Waals surface area contributed by atoms with Gasteiger partial charge in [-0.2, -0.15) is 0 Å². The first-order valence-corrected chi connectivity index (χ1v) is 8.05. The van der Waals surface area contributed by atoms with Gasteiger partial charge >= 0.3 is 0 Å². The molecule has 2 rings (SSSR count). The van der Waals surface area contributed by atoms with Gasteiger partial charge in [0.1, 0.15) is 5.82 Å². The number of hydrogen-bond donors (Lipinski definition) is 1. The lowest BCUT2D eigenvalue weighted by Crippen LogP contribution is -2.25. The number of aromatic nitrogens is 1. The predicted octanol–water partition coefficient (Wildman–Crippen LogP) is 4.44. The summed E-state index contributed by atoms with van der Waals surface area (Å²) in [5.41, 5.74) is 3.25. The van der Waals surface area contributed by atoms with E-state index in [1.54, 1.807) is 6.07 Å². The van der Waals surface area contributed by atoms with Crippen LogP contribution in [0.3, 0.4) is 0 Å². The number of pyridine rings is 1. The van der Waals surface area contributed by atoms with Crippen molar-refractivity contribution in [2.45, 2.75) is 32.7 Å². The second-order valence-electron chi connectivity index (χ2n) is 4.99. The lowest BCUT2D eigenvalue weighted by Gasteiger charge is -2.20. The average molecular weight is 351 g/mol. The molecule has 1 unspecified atom stereocenters. The van der Waals surface area contributed by atoms with E-state index in [1.165, 1.54) is 11.6 Å². The van der Waals surface area contributed by atoms with Gasteiger partial charge in [-0.25, -0.2) is 4.39 Å². The summed E-state index contributed by atoms with van der Waals surface area (Å²) in [5, 5.41) is 3.46. The summed E-state index contributed by atoms with van der Waals surface area (Å²) in [6.07, 6.45) is 3.48. The van der Waals surface area contributed by atoms with Crippen LogP contribution in [-0.2, 0) is 12.8 Å². The summed E-state index contributed by atoms with van der Waals surface area (Å²) < 4.78 is 14.3. The standard InChI is InChI=1S/C17H20BrFN2/c1-3-13-6-5-7-21-17(13)16(20-4-2)10-12-8-14(18)11-15(19)9-12/h5-9,11,16,20H,3-4,10H2,1-2H3. The summed E-state index contributed by atoms with van der Waals surface area (Å²) in [7, 11) is 0. The zero-order chi connectivity index (χ0) is 15.2. The monoisotopic (exact) mass is 350 g/mol. The van der Waals surface area contributed by atoms with E-state index in [0.717, 1.165) is 28.7 Å². The lowest BCUT2D eigenvalue weighted by atomic mass is 9.98. The van der Waals surface area contributed by atoms with Crippen LogP contribution >= 0.6 is 15.9 Å². The van der Waals surface area contributed by atoms with Crippen molar-refractivity contribution in [2.75, 3.05) is 6.54 Å². The molecule has 4 heteroatoms. The number of nitrogens with zero attached hydrogens (tertiary/aromatic N) is 1. The summed E-state index contributed by atoms with van der Waals surface area (Å²) in [6, 6.07) is 9.19. The van der Waals surface area contributed by atoms with Gasteiger partial charge in [0.05, 0.1) is 11.7 Å². The van der Waals surface area contributed by atoms with Crippen molar-refractivity contribution >= 4 is 15.9 Å². The lowest BCUT2D eigenvalue weighted by molar-refractivity contribution is 0.529. The Morgan fingerprint density at radius 3 is 2.76 bits per heavy atom. The van der Waals surface area contributed by atoms with Crippen LogP contribution in [0.5, 0.6) is 0 Å². The minimum Gasteiger partial charge on any atom is -0.309 e. The SMILES string of the molecule is CCNC(Cc1cc(F)cc(Br)c1)c1ncccc1CC. The third-order valence-corrected chi connectivity index (χ3v) is 3.91. The maximum Gasteiger partial charge on any atom is 0.124 e. The molecule has 0 aliphatic carbocycles. The molecule has 0 spiro atoms. The second kappa shape index (κ2) is 7.66. The van der Waals surface area contributed by atoms with Crippen molar-refractivity contribution in [1.29, 1.82) is 0 Å². The number of rotatable bonds is 6. The Hall–Kier alpha value is -1.26. The minimum atomic E-state index is -0.216. The number of aryl methyl sites for hydroxylation is 1. The average Bonchev–Trinajstić information content (AvgIpc) is 2.45. The molecular formula is C17H20BrFN2. The molecule has 1 aromatic carbocycles. The number of nitrogens with one attached hydrogen (secondary N) is 1. The topological polar surface area (TPSA) is 24.9 Å². The highest BCUT2D eigenvalue weighted by atomic mass is 79.9. The molecule has 0 aliphatic heterocycles. The largest absolute Gasteiger partial charge is 0.309 e. The highest BCUT2D eigenvalue weighted by Gasteiger charge is 2.16. The molecular weight excluding hydrogens is 331 g/mol. The minimum absolute atomic E-state index is 0.0971. The first kappa shape index (κ1) is 16.1. The normalized spacial score (nSPS) is 12.4. The molecule has 0 radical (unpaired) electrons. The molecule has 1 atom stereocenters. The van der Waals surface area contributed by atoms with Gasteiger partial charge in [-0.15, -0.1) is 0 Å². The van der Waals surface area contributed by atoms with Crippen LogP contribution in [0.15, 0.2) is 41.0 Å². The second-order valence-corrected chi connectivity index (χ2v) is 5.91. The molecule has 21 heavy (non-hydrogen) atoms. The van der Waals surface area contributed by atoms with Crippen LogP contribution in [0.1, 0.15) is 36.7 Å². The van der Waals surface area contributed by atoms with Gasteiger partial charge in [0, 0.05) is 10.7 Å². The van der Waals surface area contributed by atoms with Gasteiger partial charge in [-0.1, -0.05) is 35.8 Å². The third-order valence-electron chi connectivity index (χ3n) is 3.45. The number of benzene rings is 1. The molecule has 0 fully saturated rings. The molecule has 1 heterocycles. The number of likely N-dealkylation sites (N-methyl/N-ethyl adjacent to an activating group) is 1. The van der Waals surface area contributed by atoms with Crippen LogP contribution in [-0.4, -0.2) is 11.5 Å². The van der Waals surface area contributed by atoms with E-state index >= 15 is 0 Å². The maximum atomic E-state index is 13.5. The van der Waals surface area contributed by atoms with Crippen molar-refractivity contribution in [2.24, 2.45) is 0 Å². The van der Waals surface area contributed by atoms with E-state index in [2.05, 4.69) is 46.1 Å². The molecule has 0 saturated heterocycles. The van der Waals surface area contributed by atoms with E-state index in [9.17, 15) is 4.39 Å². The van der Waals surface area contributed by atoms with Crippen LogP contribution in [0.4, 0.5) is 4.39 Å². The highest BCUT2D eigenvalue weighted by Crippen LogP contribution is 2.23. The van der Waals surface area contributed by atoms with E-state index in [0.29, 0.717) is 6.42 Å². The Bertz CT molecular complexity index is 581. The Kier molecular flexibility index (Phi) is 5.88. The quantitative estimate of drug-likeness (QED) is 0.832. The summed E-state index contributed by atoms with van der Waals surface area (Å²) in [4.78, 5) is 4.54. The van der Waals surface area contributed by atoms with Crippen molar-refractivity contribution < 1.29 is 4.39 Å². The number of halogens is 2. The predicted molar refractivity (Wildman–Crippen MR) is 87.8 cm³/mol. The first-order valence-electron chi connectivity index (χ1n) is 7.26. The van der Waals surface area contributed by atoms with Crippen LogP contribution < -0.4 is 5.32 Å². The Morgan fingerprint density at radius 2 is 2.10 bits per heavy atom.